The highest BCUT2D eigenvalue weighted by Crippen LogP contribution is 2.24. The highest BCUT2D eigenvalue weighted by Gasteiger charge is 2.11. The fourth-order valence-corrected chi connectivity index (χ4v) is 1.64. The van der Waals surface area contributed by atoms with Gasteiger partial charge in [0.25, 0.3) is 0 Å². The number of rotatable bonds is 3. The molecule has 15 heavy (non-hydrogen) atoms. The van der Waals surface area contributed by atoms with Gasteiger partial charge in [0.1, 0.15) is 11.5 Å². The van der Waals surface area contributed by atoms with Gasteiger partial charge in [-0.05, 0) is 25.6 Å². The van der Waals surface area contributed by atoms with Crippen LogP contribution in [-0.4, -0.2) is 16.3 Å². The van der Waals surface area contributed by atoms with Gasteiger partial charge in [-0.2, -0.15) is 5.10 Å². The Morgan fingerprint density at radius 1 is 1.47 bits per heavy atom. The lowest BCUT2D eigenvalue weighted by Gasteiger charge is -1.96. The van der Waals surface area contributed by atoms with Gasteiger partial charge >= 0.3 is 0 Å². The van der Waals surface area contributed by atoms with Crippen molar-refractivity contribution in [2.75, 3.05) is 6.54 Å². The molecule has 0 fully saturated rings. The first-order chi connectivity index (χ1) is 7.20. The summed E-state index contributed by atoms with van der Waals surface area (Å²) in [5.74, 6) is 1.77. The molecule has 0 spiro atoms. The monoisotopic (exact) mass is 205 g/mol. The number of aryl methyl sites for hydroxylation is 2. The van der Waals surface area contributed by atoms with Crippen LogP contribution in [0.15, 0.2) is 22.7 Å². The average Bonchev–Trinajstić information content (AvgIpc) is 2.73. The van der Waals surface area contributed by atoms with E-state index in [1.54, 1.807) is 4.68 Å². The smallest absolute Gasteiger partial charge is 0.137 e. The third-order valence-electron chi connectivity index (χ3n) is 2.29. The zero-order valence-corrected chi connectivity index (χ0v) is 9.03. The SMILES string of the molecule is Cc1ccc(-c2cn(C)nc2CCN)o1. The number of aromatic nitrogens is 2. The molecule has 0 atom stereocenters. The van der Waals surface area contributed by atoms with E-state index >= 15 is 0 Å². The van der Waals surface area contributed by atoms with E-state index in [1.165, 1.54) is 0 Å². The molecule has 2 aromatic rings. The minimum atomic E-state index is 0.601. The van der Waals surface area contributed by atoms with Crippen LogP contribution in [0.3, 0.4) is 0 Å². The summed E-state index contributed by atoms with van der Waals surface area (Å²) in [5, 5.41) is 4.36. The van der Waals surface area contributed by atoms with E-state index < -0.39 is 0 Å². The van der Waals surface area contributed by atoms with Crippen LogP contribution < -0.4 is 5.73 Å². The van der Waals surface area contributed by atoms with Gasteiger partial charge in [-0.1, -0.05) is 0 Å². The fraction of sp³-hybridized carbons (Fsp3) is 0.364. The number of hydrogen-bond donors (Lipinski definition) is 1. The van der Waals surface area contributed by atoms with E-state index in [0.29, 0.717) is 6.54 Å². The molecule has 0 aliphatic carbocycles. The van der Waals surface area contributed by atoms with Crippen molar-refractivity contribution in [1.29, 1.82) is 0 Å². The molecule has 2 N–H and O–H groups in total. The second-order valence-corrected chi connectivity index (χ2v) is 3.61. The first-order valence-electron chi connectivity index (χ1n) is 5.00. The molecule has 0 unspecified atom stereocenters. The molecule has 2 heterocycles. The Hall–Kier alpha value is -1.55. The van der Waals surface area contributed by atoms with Crippen LogP contribution in [-0.2, 0) is 13.5 Å². The van der Waals surface area contributed by atoms with E-state index in [0.717, 1.165) is 29.2 Å². The molecule has 4 heteroatoms. The Morgan fingerprint density at radius 2 is 2.27 bits per heavy atom. The van der Waals surface area contributed by atoms with Crippen molar-refractivity contribution in [3.05, 3.63) is 29.8 Å². The van der Waals surface area contributed by atoms with E-state index in [4.69, 9.17) is 10.2 Å². The Kier molecular flexibility index (Phi) is 2.60. The van der Waals surface area contributed by atoms with Crippen LogP contribution in [0.2, 0.25) is 0 Å². The van der Waals surface area contributed by atoms with Crippen LogP contribution in [0.5, 0.6) is 0 Å². The molecule has 4 nitrogen and oxygen atoms in total. The molecular formula is C11H15N3O. The van der Waals surface area contributed by atoms with Gasteiger partial charge in [0, 0.05) is 19.7 Å². The molecule has 0 saturated carbocycles. The first-order valence-corrected chi connectivity index (χ1v) is 5.00. The summed E-state index contributed by atoms with van der Waals surface area (Å²) in [4.78, 5) is 0. The third-order valence-corrected chi connectivity index (χ3v) is 2.29. The molecule has 0 aliphatic heterocycles. The molecule has 0 aliphatic rings. The van der Waals surface area contributed by atoms with Crippen LogP contribution in [0.25, 0.3) is 11.3 Å². The predicted molar refractivity (Wildman–Crippen MR) is 58.4 cm³/mol. The molecule has 0 radical (unpaired) electrons. The predicted octanol–water partition coefficient (Wildman–Crippen LogP) is 1.49. The number of furan rings is 1. The normalized spacial score (nSPS) is 10.9. The standard InChI is InChI=1S/C11H15N3O/c1-8-3-4-11(15-8)9-7-14(2)13-10(9)5-6-12/h3-4,7H,5-6,12H2,1-2H3. The minimum absolute atomic E-state index is 0.601. The van der Waals surface area contributed by atoms with E-state index in [9.17, 15) is 0 Å². The van der Waals surface area contributed by atoms with Crippen molar-refractivity contribution in [1.82, 2.24) is 9.78 Å². The number of nitrogens with two attached hydrogens (primary N) is 1. The van der Waals surface area contributed by atoms with E-state index in [1.807, 2.05) is 32.3 Å². The molecule has 0 aromatic carbocycles. The summed E-state index contributed by atoms with van der Waals surface area (Å²) in [6.07, 6.45) is 2.74. The Bertz CT molecular complexity index is 456. The zero-order valence-electron chi connectivity index (χ0n) is 9.03. The molecule has 80 valence electrons. The first kappa shape index (κ1) is 9.98. The van der Waals surface area contributed by atoms with Crippen LogP contribution >= 0.6 is 0 Å². The quantitative estimate of drug-likeness (QED) is 0.825. The molecule has 2 rings (SSSR count). The fourth-order valence-electron chi connectivity index (χ4n) is 1.64. The Balaban J connectivity index is 2.42. The zero-order chi connectivity index (χ0) is 10.8. The van der Waals surface area contributed by atoms with Crippen LogP contribution in [0.4, 0.5) is 0 Å². The topological polar surface area (TPSA) is 57.0 Å². The summed E-state index contributed by atoms with van der Waals surface area (Å²) >= 11 is 0. The van der Waals surface area contributed by atoms with Crippen molar-refractivity contribution in [2.45, 2.75) is 13.3 Å². The summed E-state index contributed by atoms with van der Waals surface area (Å²) < 4.78 is 7.37. The van der Waals surface area contributed by atoms with Gasteiger partial charge in [0.2, 0.25) is 0 Å². The second kappa shape index (κ2) is 3.90. The van der Waals surface area contributed by atoms with Gasteiger partial charge < -0.3 is 10.2 Å². The molecule has 0 amide bonds. The largest absolute Gasteiger partial charge is 0.461 e. The van der Waals surface area contributed by atoms with Crippen LogP contribution in [0.1, 0.15) is 11.5 Å². The average molecular weight is 205 g/mol. The van der Waals surface area contributed by atoms with Crippen LogP contribution in [0, 0.1) is 6.92 Å². The number of hydrogen-bond acceptors (Lipinski definition) is 3. The van der Waals surface area contributed by atoms with Gasteiger partial charge in [-0.3, -0.25) is 4.68 Å². The third kappa shape index (κ3) is 1.94. The maximum Gasteiger partial charge on any atom is 0.137 e. The lowest BCUT2D eigenvalue weighted by molar-refractivity contribution is 0.547. The summed E-state index contributed by atoms with van der Waals surface area (Å²) in [6, 6.07) is 3.92. The molecule has 0 bridgehead atoms. The second-order valence-electron chi connectivity index (χ2n) is 3.61. The van der Waals surface area contributed by atoms with Crippen molar-refractivity contribution in [3.63, 3.8) is 0 Å². The molecular weight excluding hydrogens is 190 g/mol. The van der Waals surface area contributed by atoms with Crippen molar-refractivity contribution < 1.29 is 4.42 Å². The summed E-state index contributed by atoms with van der Waals surface area (Å²) in [6.45, 7) is 2.53. The van der Waals surface area contributed by atoms with Crippen molar-refractivity contribution in [3.8, 4) is 11.3 Å². The Labute approximate surface area is 88.7 Å². The highest BCUT2D eigenvalue weighted by molar-refractivity contribution is 5.59. The summed E-state index contributed by atoms with van der Waals surface area (Å²) in [5.41, 5.74) is 7.57. The van der Waals surface area contributed by atoms with Gasteiger partial charge in [-0.25, -0.2) is 0 Å². The van der Waals surface area contributed by atoms with Crippen molar-refractivity contribution >= 4 is 0 Å². The molecule has 0 saturated heterocycles. The maximum atomic E-state index is 5.58. The minimum Gasteiger partial charge on any atom is -0.461 e. The maximum absolute atomic E-state index is 5.58. The lowest BCUT2D eigenvalue weighted by Crippen LogP contribution is -2.04. The summed E-state index contributed by atoms with van der Waals surface area (Å²) in [7, 11) is 1.90. The van der Waals surface area contributed by atoms with E-state index in [2.05, 4.69) is 5.10 Å². The van der Waals surface area contributed by atoms with Gasteiger partial charge in [0.15, 0.2) is 0 Å². The number of nitrogens with zero attached hydrogens (tertiary/aromatic N) is 2. The van der Waals surface area contributed by atoms with E-state index in [-0.39, 0.29) is 0 Å². The highest BCUT2D eigenvalue weighted by atomic mass is 16.3. The van der Waals surface area contributed by atoms with Crippen molar-refractivity contribution in [2.24, 2.45) is 12.8 Å². The lowest BCUT2D eigenvalue weighted by atomic mass is 10.1. The van der Waals surface area contributed by atoms with Gasteiger partial charge in [0.05, 0.1) is 11.3 Å². The van der Waals surface area contributed by atoms with Gasteiger partial charge in [-0.15, -0.1) is 0 Å². The Morgan fingerprint density at radius 3 is 2.87 bits per heavy atom. The molecule has 2 aromatic heterocycles.